The van der Waals surface area contributed by atoms with Crippen LogP contribution in [-0.4, -0.2) is 18.7 Å². The highest BCUT2D eigenvalue weighted by Gasteiger charge is 2.11. The molecule has 0 bridgehead atoms. The van der Waals surface area contributed by atoms with Gasteiger partial charge in [0.2, 0.25) is 0 Å². The summed E-state index contributed by atoms with van der Waals surface area (Å²) in [6.45, 7) is 5.78. The average Bonchev–Trinajstić information content (AvgIpc) is 2.27. The number of urea groups is 1. The maximum Gasteiger partial charge on any atom is 0.319 e. The molecule has 18 heavy (non-hydrogen) atoms. The minimum Gasteiger partial charge on any atom is -0.496 e. The molecule has 1 aromatic rings. The third-order valence-corrected chi connectivity index (χ3v) is 2.10. The highest BCUT2D eigenvalue weighted by Crippen LogP contribution is 2.18. The minimum absolute atomic E-state index is 0.228. The first-order valence-corrected chi connectivity index (χ1v) is 5.80. The summed E-state index contributed by atoms with van der Waals surface area (Å²) in [6, 6.07) is 7.37. The maximum atomic E-state index is 11.5. The van der Waals surface area contributed by atoms with E-state index in [1.807, 2.05) is 45.0 Å². The van der Waals surface area contributed by atoms with Gasteiger partial charge in [-0.25, -0.2) is 4.79 Å². The van der Waals surface area contributed by atoms with Crippen molar-refractivity contribution in [2.45, 2.75) is 26.3 Å². The van der Waals surface area contributed by atoms with Gasteiger partial charge in [-0.2, -0.15) is 0 Å². The second kappa shape index (κ2) is 6.10. The van der Waals surface area contributed by atoms with Crippen LogP contribution >= 0.6 is 0 Å². The first kappa shape index (κ1) is 14.1. The molecule has 0 saturated carbocycles. The van der Waals surface area contributed by atoms with Crippen LogP contribution in [0.5, 0.6) is 5.75 Å². The van der Waals surface area contributed by atoms with E-state index in [0.717, 1.165) is 11.3 Å². The molecule has 1 rings (SSSR count). The van der Waals surface area contributed by atoms with Crippen molar-refractivity contribution in [1.82, 2.24) is 10.6 Å². The fourth-order valence-corrected chi connectivity index (χ4v) is 1.39. The second-order valence-corrected chi connectivity index (χ2v) is 4.92. The lowest BCUT2D eigenvalue weighted by Gasteiger charge is -2.19. The van der Waals surface area contributed by atoms with Crippen molar-refractivity contribution in [1.29, 1.82) is 0 Å². The van der Waals surface area contributed by atoms with Gasteiger partial charge in [-0.05, 0) is 32.9 Å². The maximum absolute atomic E-state index is 11.5. The number of carbonyl (C=O) groups excluding carboxylic acids is 1. The van der Waals surface area contributed by atoms with Gasteiger partial charge < -0.3 is 15.4 Å². The summed E-state index contributed by atoms with van der Waals surface area (Å²) in [6.07, 6.45) is 3.39. The van der Waals surface area contributed by atoms with Crippen LogP contribution in [0.15, 0.2) is 30.5 Å². The molecule has 0 unspecified atom stereocenters. The van der Waals surface area contributed by atoms with Crippen LogP contribution in [0.25, 0.3) is 6.08 Å². The van der Waals surface area contributed by atoms with Gasteiger partial charge in [0.05, 0.1) is 7.11 Å². The van der Waals surface area contributed by atoms with E-state index in [4.69, 9.17) is 4.74 Å². The van der Waals surface area contributed by atoms with Crippen LogP contribution in [0.4, 0.5) is 4.79 Å². The van der Waals surface area contributed by atoms with Gasteiger partial charge in [0, 0.05) is 17.3 Å². The van der Waals surface area contributed by atoms with Gasteiger partial charge in [-0.15, -0.1) is 0 Å². The Hall–Kier alpha value is -1.97. The molecule has 0 spiro atoms. The van der Waals surface area contributed by atoms with Crippen LogP contribution in [0.3, 0.4) is 0 Å². The molecule has 0 fully saturated rings. The zero-order chi connectivity index (χ0) is 13.6. The summed E-state index contributed by atoms with van der Waals surface area (Å²) in [7, 11) is 1.62. The molecule has 0 aliphatic carbocycles. The SMILES string of the molecule is COc1ccccc1/C=C/NC(=O)NC(C)(C)C. The monoisotopic (exact) mass is 248 g/mol. The molecule has 0 radical (unpaired) electrons. The highest BCUT2D eigenvalue weighted by molar-refractivity contribution is 5.76. The second-order valence-electron chi connectivity index (χ2n) is 4.92. The number of hydrogen-bond donors (Lipinski definition) is 2. The van der Waals surface area contributed by atoms with E-state index in [1.54, 1.807) is 19.4 Å². The standard InChI is InChI=1S/C14H20N2O2/c1-14(2,3)16-13(17)15-10-9-11-7-5-6-8-12(11)18-4/h5-10H,1-4H3,(H2,15,16,17)/b10-9+. The number of nitrogens with one attached hydrogen (secondary N) is 2. The first-order valence-electron chi connectivity index (χ1n) is 5.80. The largest absolute Gasteiger partial charge is 0.496 e. The molecule has 4 nitrogen and oxygen atoms in total. The molecule has 0 aliphatic rings. The van der Waals surface area contributed by atoms with E-state index >= 15 is 0 Å². The fourth-order valence-electron chi connectivity index (χ4n) is 1.39. The number of benzene rings is 1. The van der Waals surface area contributed by atoms with E-state index in [9.17, 15) is 4.79 Å². The Bertz CT molecular complexity index is 434. The van der Waals surface area contributed by atoms with Crippen molar-refractivity contribution in [2.75, 3.05) is 7.11 Å². The van der Waals surface area contributed by atoms with Gasteiger partial charge in [-0.3, -0.25) is 0 Å². The molecule has 0 aromatic heterocycles. The highest BCUT2D eigenvalue weighted by atomic mass is 16.5. The lowest BCUT2D eigenvalue weighted by atomic mass is 10.1. The Morgan fingerprint density at radius 3 is 2.56 bits per heavy atom. The van der Waals surface area contributed by atoms with Crippen LogP contribution in [0.1, 0.15) is 26.3 Å². The Morgan fingerprint density at radius 2 is 1.94 bits per heavy atom. The fraction of sp³-hybridized carbons (Fsp3) is 0.357. The number of amides is 2. The quantitative estimate of drug-likeness (QED) is 0.864. The summed E-state index contributed by atoms with van der Waals surface area (Å²) in [5.41, 5.74) is 0.665. The normalized spacial score (nSPS) is 11.3. The number of carbonyl (C=O) groups is 1. The molecule has 0 aliphatic heterocycles. The molecule has 1 aromatic carbocycles. The number of methoxy groups -OCH3 is 1. The summed E-state index contributed by atoms with van der Waals surface area (Å²) in [4.78, 5) is 11.5. The zero-order valence-corrected chi connectivity index (χ0v) is 11.3. The van der Waals surface area contributed by atoms with Gasteiger partial charge in [0.1, 0.15) is 5.75 Å². The minimum atomic E-state index is -0.248. The Kier molecular flexibility index (Phi) is 4.77. The van der Waals surface area contributed by atoms with Crippen LogP contribution in [-0.2, 0) is 0 Å². The number of hydrogen-bond acceptors (Lipinski definition) is 2. The van der Waals surface area contributed by atoms with Gasteiger partial charge in [0.25, 0.3) is 0 Å². The molecular formula is C14H20N2O2. The Morgan fingerprint density at radius 1 is 1.28 bits per heavy atom. The topological polar surface area (TPSA) is 50.4 Å². The summed E-state index contributed by atoms with van der Waals surface area (Å²) in [5.74, 6) is 0.770. The predicted octanol–water partition coefficient (Wildman–Crippen LogP) is 2.76. The first-order chi connectivity index (χ1) is 8.42. The third-order valence-electron chi connectivity index (χ3n) is 2.10. The van der Waals surface area contributed by atoms with Gasteiger partial charge in [-0.1, -0.05) is 18.2 Å². The van der Waals surface area contributed by atoms with Crippen molar-refractivity contribution >= 4 is 12.1 Å². The van der Waals surface area contributed by atoms with Gasteiger partial charge in [0.15, 0.2) is 0 Å². The summed E-state index contributed by atoms with van der Waals surface area (Å²) in [5, 5.41) is 5.45. The van der Waals surface area contributed by atoms with Crippen LogP contribution in [0.2, 0.25) is 0 Å². The lowest BCUT2D eigenvalue weighted by Crippen LogP contribution is -2.44. The third kappa shape index (κ3) is 4.91. The van der Waals surface area contributed by atoms with Crippen LogP contribution < -0.4 is 15.4 Å². The van der Waals surface area contributed by atoms with E-state index in [2.05, 4.69) is 10.6 Å². The summed E-state index contributed by atoms with van der Waals surface area (Å²) >= 11 is 0. The lowest BCUT2D eigenvalue weighted by molar-refractivity contribution is 0.235. The molecule has 0 heterocycles. The van der Waals surface area contributed by atoms with Crippen molar-refractivity contribution in [2.24, 2.45) is 0 Å². The average molecular weight is 248 g/mol. The van der Waals surface area contributed by atoms with Crippen molar-refractivity contribution in [3.05, 3.63) is 36.0 Å². The number of rotatable bonds is 3. The molecule has 0 saturated heterocycles. The number of ether oxygens (including phenoxy) is 1. The van der Waals surface area contributed by atoms with E-state index in [-0.39, 0.29) is 11.6 Å². The van der Waals surface area contributed by atoms with Crippen molar-refractivity contribution in [3.8, 4) is 5.75 Å². The van der Waals surface area contributed by atoms with Crippen molar-refractivity contribution < 1.29 is 9.53 Å². The molecule has 98 valence electrons. The molecule has 2 amide bonds. The zero-order valence-electron chi connectivity index (χ0n) is 11.3. The van der Waals surface area contributed by atoms with Crippen LogP contribution in [0, 0.1) is 0 Å². The van der Waals surface area contributed by atoms with Crippen molar-refractivity contribution in [3.63, 3.8) is 0 Å². The molecule has 2 N–H and O–H groups in total. The molecule has 4 heteroatoms. The van der Waals surface area contributed by atoms with E-state index in [1.165, 1.54) is 0 Å². The molecular weight excluding hydrogens is 228 g/mol. The Labute approximate surface area is 108 Å². The van der Waals surface area contributed by atoms with Gasteiger partial charge >= 0.3 is 6.03 Å². The smallest absolute Gasteiger partial charge is 0.319 e. The number of para-hydroxylation sites is 1. The Balaban J connectivity index is 2.57. The molecule has 0 atom stereocenters. The summed E-state index contributed by atoms with van der Waals surface area (Å²) < 4.78 is 5.20. The van der Waals surface area contributed by atoms with E-state index in [0.29, 0.717) is 0 Å². The van der Waals surface area contributed by atoms with E-state index < -0.39 is 0 Å². The predicted molar refractivity (Wildman–Crippen MR) is 73.4 cm³/mol.